The number of carbonyl (C=O) groups excluding carboxylic acids is 7. The topological polar surface area (TPSA) is 550 Å². The molecular formula is C79H110F3N12NaO29S3. The van der Waals surface area contributed by atoms with E-state index in [1.54, 1.807) is 83.1 Å². The van der Waals surface area contributed by atoms with Crippen LogP contribution in [0.1, 0.15) is 205 Å². The molecule has 0 radical (unpaired) electrons. The molecule has 0 saturated carbocycles. The van der Waals surface area contributed by atoms with E-state index in [1.807, 2.05) is 0 Å². The molecule has 6 aromatic rings. The molecule has 0 aliphatic carbocycles. The van der Waals surface area contributed by atoms with Crippen molar-refractivity contribution in [2.75, 3.05) is 72.9 Å². The molecule has 4 heterocycles. The van der Waals surface area contributed by atoms with Crippen molar-refractivity contribution in [3.63, 3.8) is 0 Å². The van der Waals surface area contributed by atoms with Crippen LogP contribution >= 0.6 is 0 Å². The predicted octanol–water partition coefficient (Wildman–Crippen LogP) is 3.49. The quantitative estimate of drug-likeness (QED) is 0.00747. The van der Waals surface area contributed by atoms with Gasteiger partial charge in [0.15, 0.2) is 22.9 Å². The molecule has 127 heavy (non-hydrogen) atoms. The van der Waals surface area contributed by atoms with E-state index < -0.39 is 195 Å². The Kier molecular flexibility index (Phi) is 44.1. The molecule has 7 N–H and O–H groups in total. The number of methoxy groups -OCH3 is 3. The smallest absolute Gasteiger partial charge is 0.662 e. The van der Waals surface area contributed by atoms with E-state index in [4.69, 9.17) is 51.0 Å². The van der Waals surface area contributed by atoms with Crippen molar-refractivity contribution in [1.29, 1.82) is 0 Å². The third kappa shape index (κ3) is 37.6. The Morgan fingerprint density at radius 1 is 0.583 bits per heavy atom. The average molecular weight is 1870 g/mol. The summed E-state index contributed by atoms with van der Waals surface area (Å²) in [6, 6.07) is 13.2. The first-order valence-electron chi connectivity index (χ1n) is 38.9. The Hall–Kier alpha value is -10.2. The zero-order chi connectivity index (χ0) is 95.2. The van der Waals surface area contributed by atoms with Gasteiger partial charge in [-0.05, 0) is 175 Å². The summed E-state index contributed by atoms with van der Waals surface area (Å²) < 4.78 is 161. The maximum Gasteiger partial charge on any atom is 1.00 e. The summed E-state index contributed by atoms with van der Waals surface area (Å²) in [6.07, 6.45) is -0.489. The van der Waals surface area contributed by atoms with Crippen molar-refractivity contribution in [2.45, 2.75) is 201 Å². The first-order valence-corrected chi connectivity index (χ1v) is 44.3. The number of nitrogens with one attached hydrogen (secondary N) is 4. The summed E-state index contributed by atoms with van der Waals surface area (Å²) in [6.45, 7) is 19.8. The zero-order valence-electron chi connectivity index (χ0n) is 74.0. The molecule has 0 fully saturated rings. The maximum absolute atomic E-state index is 13.6. The molecule has 0 saturated heterocycles. The number of fused-ring (bicyclic) bond motifs is 1. The number of ether oxygens (including phenoxy) is 6. The Labute approximate surface area is 755 Å². The number of aromatic nitrogens is 6. The van der Waals surface area contributed by atoms with Gasteiger partial charge in [0.05, 0.1) is 75.0 Å². The van der Waals surface area contributed by atoms with E-state index in [9.17, 15) is 92.1 Å². The van der Waals surface area contributed by atoms with Crippen molar-refractivity contribution in [2.24, 2.45) is 0 Å². The van der Waals surface area contributed by atoms with Gasteiger partial charge in [-0.3, -0.25) is 52.2 Å². The van der Waals surface area contributed by atoms with E-state index in [0.29, 0.717) is 42.0 Å². The summed E-state index contributed by atoms with van der Waals surface area (Å²) in [5.41, 5.74) is -4.40. The Balaban J connectivity index is 0.000000485. The summed E-state index contributed by atoms with van der Waals surface area (Å²) in [7, 11) is -8.50. The van der Waals surface area contributed by atoms with Gasteiger partial charge in [-0.1, -0.05) is 36.4 Å². The number of aliphatic hydroxyl groups excluding tert-OH is 1. The molecule has 48 heteroatoms. The third-order valence-electron chi connectivity index (χ3n) is 17.5. The molecule has 700 valence electrons. The molecule has 6 amide bonds. The summed E-state index contributed by atoms with van der Waals surface area (Å²) in [4.78, 5) is 139. The van der Waals surface area contributed by atoms with Crippen molar-refractivity contribution in [1.82, 2.24) is 60.1 Å². The summed E-state index contributed by atoms with van der Waals surface area (Å²) >= 11 is 0. The second kappa shape index (κ2) is 50.5. The number of amides is 6. The van der Waals surface area contributed by atoms with Gasteiger partial charge >= 0.3 is 68.1 Å². The molecule has 1 aliphatic rings. The van der Waals surface area contributed by atoms with Crippen LogP contribution in [0.25, 0.3) is 0 Å². The van der Waals surface area contributed by atoms with Crippen LogP contribution in [-0.4, -0.2) is 235 Å². The predicted molar refractivity (Wildman–Crippen MR) is 442 cm³/mol. The third-order valence-corrected chi connectivity index (χ3v) is 19.0. The fourth-order valence-electron chi connectivity index (χ4n) is 11.7. The number of carbonyl (C=O) groups is 7. The molecule has 3 aromatic heterocycles. The van der Waals surface area contributed by atoms with Gasteiger partial charge in [0.25, 0.3) is 51.3 Å². The van der Waals surface area contributed by atoms with Crippen molar-refractivity contribution in [3.05, 3.63) is 162 Å². The Bertz CT molecular complexity index is 5140. The average Bonchev–Trinajstić information content (AvgIpc) is 1.77. The van der Waals surface area contributed by atoms with Gasteiger partial charge in [-0.2, -0.15) is 30.2 Å². The fraction of sp³-hybridized carbons (Fsp3) is 0.532. The minimum Gasteiger partial charge on any atom is -0.662 e. The van der Waals surface area contributed by atoms with Crippen LogP contribution in [0.2, 0.25) is 0 Å². The van der Waals surface area contributed by atoms with Crippen LogP contribution in [0.4, 0.5) is 27.6 Å². The number of aromatic amines is 1. The SMILES string of the molecule is CCN(C(=O)OC(C)(C)C)C(CC[C@@H](CO)OC)c1nc(C(=O)NCc2ccc(F)cc2)c(O)c(=O)[nH]1.CCN(C(=O)OC(C)(C)C)C(CC[C@@H](COS(C)(=O)=O)OC)c1nc(OS(C)(=O)=O)c(OS(C)(=O)=O)c(C(=O)NCc2ccc(F)cc2)n1.CCN(C(=O)OC(C)(C)C)C1CC[C@H](OC)Cn2c1nc(C(=O)NCc1ccc(F)cc1)c(O)c2=O.O=CO[O-].[Na+]. The van der Waals surface area contributed by atoms with Gasteiger partial charge in [-0.15, -0.1) is 0 Å². The van der Waals surface area contributed by atoms with Crippen molar-refractivity contribution >= 4 is 72.8 Å². The van der Waals surface area contributed by atoms with E-state index in [2.05, 4.69) is 45.8 Å². The number of halogens is 3. The molecule has 1 aliphatic heterocycles. The van der Waals surface area contributed by atoms with Crippen molar-refractivity contribution in [3.8, 4) is 23.1 Å². The van der Waals surface area contributed by atoms with E-state index in [-0.39, 0.29) is 132 Å². The molecular weight excluding hydrogens is 1760 g/mol. The van der Waals surface area contributed by atoms with Gasteiger partial charge in [0.1, 0.15) is 45.9 Å². The minimum absolute atomic E-state index is 0. The van der Waals surface area contributed by atoms with Gasteiger partial charge in [0.2, 0.25) is 17.2 Å². The largest absolute Gasteiger partial charge is 1.00 e. The number of hydrogen-bond acceptors (Lipinski definition) is 33. The molecule has 3 unspecified atom stereocenters. The molecule has 7 rings (SSSR count). The zero-order valence-corrected chi connectivity index (χ0v) is 78.4. The van der Waals surface area contributed by atoms with Crippen LogP contribution in [0.15, 0.2) is 82.4 Å². The van der Waals surface area contributed by atoms with E-state index >= 15 is 0 Å². The van der Waals surface area contributed by atoms with Gasteiger partial charge in [0, 0.05) is 60.6 Å². The second-order valence-corrected chi connectivity index (χ2v) is 35.6. The standard InChI is InChI=1S/C28H41FN4O13S3.C25H35FN4O7.C25H33FN4O6.CH2O3.Na/c1-9-33(27(35)44-28(2,3)4)21(15-14-20(42-5)17-43-47(6,36)37)24-31-22(25(34)30-16-18-10-12-19(29)13-11-18)23(45-48(7,38)39)26(32-24)46-49(8,40)41;1-6-30(24(35)37-25(2,3)4)18(12-11-17(14-31)36-5)21-28-19(20(32)23(34)29-21)22(33)27-13-15-7-9-16(26)10-8-15;1-6-29(24(34)36-25(2,3)4)18-12-11-17(35-5)14-30-21(18)28-19(20(31)23(30)33)22(32)27-13-15-7-9-16(26)10-8-15;2-1-4-3;/h10-13,20-21H,9,14-17H2,1-8H3,(H,30,34);7-10,17-18,31-32H,6,11-14H2,1-5H3,(H,27,33)(H,28,29,34);7-10,17-18,31H,6,11-14H2,1-5H3,(H,27,32);1,3H;/q;;;;+1/p-1/t20-,21?;2*17-,18?;;/m000../s1. The van der Waals surface area contributed by atoms with E-state index in [1.165, 1.54) is 96.4 Å². The number of nitrogens with zero attached hydrogens (tertiary/aromatic N) is 8. The van der Waals surface area contributed by atoms with Crippen LogP contribution in [0.3, 0.4) is 0 Å². The molecule has 41 nitrogen and oxygen atoms in total. The van der Waals surface area contributed by atoms with Crippen LogP contribution in [0.5, 0.6) is 23.1 Å². The second-order valence-electron chi connectivity index (χ2n) is 30.8. The van der Waals surface area contributed by atoms with Gasteiger partial charge in [-0.25, -0.2) is 42.5 Å². The number of H-pyrrole nitrogens is 1. The minimum atomic E-state index is -4.45. The Morgan fingerprint density at radius 2 is 1.00 bits per heavy atom. The monoisotopic (exact) mass is 1870 g/mol. The fourth-order valence-corrected chi connectivity index (χ4v) is 12.9. The Morgan fingerprint density at radius 3 is 1.39 bits per heavy atom. The van der Waals surface area contributed by atoms with Gasteiger partial charge < -0.3 is 83.2 Å². The molecule has 0 bridgehead atoms. The van der Waals surface area contributed by atoms with Crippen LogP contribution < -0.4 is 70.2 Å². The van der Waals surface area contributed by atoms with Crippen LogP contribution in [0, 0.1) is 17.5 Å². The molecule has 3 aromatic carbocycles. The summed E-state index contributed by atoms with van der Waals surface area (Å²) in [5.74, 6) is -7.99. The normalized spacial score (nSPS) is 14.2. The van der Waals surface area contributed by atoms with Crippen LogP contribution in [-0.2, 0) is 98.8 Å². The van der Waals surface area contributed by atoms with Crippen molar-refractivity contribution < 1.29 is 168 Å². The molecule has 0 spiro atoms. The number of hydrogen-bond donors (Lipinski definition) is 7. The number of rotatable bonds is 35. The first-order chi connectivity index (χ1) is 58.7. The molecule has 6 atom stereocenters. The first kappa shape index (κ1) is 111. The van der Waals surface area contributed by atoms with E-state index in [0.717, 1.165) is 23.3 Å². The summed E-state index contributed by atoms with van der Waals surface area (Å²) in [5, 5.41) is 46.4. The maximum atomic E-state index is 13.6. The number of benzene rings is 3. The number of aromatic hydroxyl groups is 2. The number of aliphatic hydroxyl groups is 1.